The number of hydrogen-bond donors (Lipinski definition) is 1. The van der Waals surface area contributed by atoms with Gasteiger partial charge in [-0.1, -0.05) is 55.1 Å². The molecule has 2 rings (SSSR count). The second-order valence-corrected chi connectivity index (χ2v) is 8.17. The molecule has 2 aromatic rings. The van der Waals surface area contributed by atoms with Crippen molar-refractivity contribution in [3.05, 3.63) is 30.3 Å². The Hall–Kier alpha value is -1.60. The Bertz CT molecular complexity index is 652. The third-order valence-electron chi connectivity index (χ3n) is 4.17. The van der Waals surface area contributed by atoms with Crippen LogP contribution in [0, 0.1) is 0 Å². The van der Waals surface area contributed by atoms with Crippen LogP contribution in [0.1, 0.15) is 40.5 Å². The van der Waals surface area contributed by atoms with Gasteiger partial charge >= 0.3 is 0 Å². The molecule has 0 spiro atoms. The van der Waals surface area contributed by atoms with Gasteiger partial charge in [-0.25, -0.2) is 0 Å². The number of benzene rings is 1. The molecule has 1 amide bonds. The van der Waals surface area contributed by atoms with Crippen molar-refractivity contribution in [3.63, 3.8) is 0 Å². The van der Waals surface area contributed by atoms with Crippen LogP contribution in [0.3, 0.4) is 0 Å². The van der Waals surface area contributed by atoms with Crippen molar-refractivity contribution in [3.8, 4) is 0 Å². The zero-order chi connectivity index (χ0) is 18.2. The van der Waals surface area contributed by atoms with Crippen LogP contribution in [0.5, 0.6) is 0 Å². The highest BCUT2D eigenvalue weighted by atomic mass is 32.2. The Morgan fingerprint density at radius 1 is 1.16 bits per heavy atom. The number of nitrogens with zero attached hydrogens (tertiary/aromatic N) is 3. The van der Waals surface area contributed by atoms with Gasteiger partial charge in [0, 0.05) is 17.8 Å². The highest BCUT2D eigenvalue weighted by molar-refractivity contribution is 8.01. The van der Waals surface area contributed by atoms with Crippen molar-refractivity contribution in [1.82, 2.24) is 15.1 Å². The van der Waals surface area contributed by atoms with E-state index >= 15 is 0 Å². The monoisotopic (exact) mass is 378 g/mol. The molecular formula is C18H26N4OS2. The highest BCUT2D eigenvalue weighted by Gasteiger charge is 2.23. The Kier molecular flexibility index (Phi) is 7.71. The molecule has 136 valence electrons. The molecule has 0 aliphatic carbocycles. The quantitative estimate of drug-likeness (QED) is 0.635. The lowest BCUT2D eigenvalue weighted by Gasteiger charge is -2.33. The molecule has 0 aliphatic rings. The van der Waals surface area contributed by atoms with Gasteiger partial charge < -0.3 is 10.2 Å². The molecular weight excluding hydrogens is 352 g/mol. The number of amides is 1. The second-order valence-electron chi connectivity index (χ2n) is 5.97. The van der Waals surface area contributed by atoms with Crippen molar-refractivity contribution < 1.29 is 4.79 Å². The first-order chi connectivity index (χ1) is 12.0. The Balaban J connectivity index is 1.93. The SMILES string of the molecule is CC[C@H](C)N(C(=O)CSc1nnc(Nc2ccccc2)s1)[C@@H](C)CC. The summed E-state index contributed by atoms with van der Waals surface area (Å²) in [4.78, 5) is 14.7. The van der Waals surface area contributed by atoms with E-state index in [0.29, 0.717) is 5.75 Å². The predicted molar refractivity (Wildman–Crippen MR) is 107 cm³/mol. The number of carbonyl (C=O) groups is 1. The van der Waals surface area contributed by atoms with Crippen LogP contribution >= 0.6 is 23.1 Å². The molecule has 5 nitrogen and oxygen atoms in total. The molecule has 7 heteroatoms. The summed E-state index contributed by atoms with van der Waals surface area (Å²) in [5.74, 6) is 0.565. The summed E-state index contributed by atoms with van der Waals surface area (Å²) in [5.41, 5.74) is 0.978. The first-order valence-corrected chi connectivity index (χ1v) is 10.4. The predicted octanol–water partition coefficient (Wildman–Crippen LogP) is 4.80. The fraction of sp³-hybridized carbons (Fsp3) is 0.500. The number of hydrogen-bond acceptors (Lipinski definition) is 6. The standard InChI is InChI=1S/C18H26N4OS2/c1-5-13(3)22(14(4)6-2)16(23)12-24-18-21-20-17(25-18)19-15-10-8-7-9-11-15/h7-11,13-14H,5-6,12H2,1-4H3,(H,19,20)/t13-,14-/m0/s1. The number of aromatic nitrogens is 2. The summed E-state index contributed by atoms with van der Waals surface area (Å²) in [7, 11) is 0. The van der Waals surface area contributed by atoms with Gasteiger partial charge in [0.1, 0.15) is 0 Å². The van der Waals surface area contributed by atoms with Gasteiger partial charge in [0.15, 0.2) is 4.34 Å². The van der Waals surface area contributed by atoms with Crippen LogP contribution in [0.25, 0.3) is 0 Å². The maximum absolute atomic E-state index is 12.7. The molecule has 1 heterocycles. The van der Waals surface area contributed by atoms with Crippen molar-refractivity contribution in [2.45, 2.75) is 57.0 Å². The summed E-state index contributed by atoms with van der Waals surface area (Å²) < 4.78 is 0.806. The van der Waals surface area contributed by atoms with E-state index in [9.17, 15) is 4.79 Å². The number of rotatable bonds is 9. The van der Waals surface area contributed by atoms with Crippen LogP contribution in [-0.2, 0) is 4.79 Å². The van der Waals surface area contributed by atoms with Crippen LogP contribution in [0.2, 0.25) is 0 Å². The molecule has 1 aromatic heterocycles. The number of para-hydroxylation sites is 1. The van der Waals surface area contributed by atoms with Gasteiger partial charge in [-0.3, -0.25) is 4.79 Å². The molecule has 0 saturated heterocycles. The second kappa shape index (κ2) is 9.77. The van der Waals surface area contributed by atoms with Gasteiger partial charge in [-0.2, -0.15) is 0 Å². The van der Waals surface area contributed by atoms with Crippen LogP contribution in [0.4, 0.5) is 10.8 Å². The molecule has 0 aliphatic heterocycles. The third-order valence-corrected chi connectivity index (χ3v) is 6.13. The summed E-state index contributed by atoms with van der Waals surface area (Å²) in [6.45, 7) is 8.46. The summed E-state index contributed by atoms with van der Waals surface area (Å²) in [6, 6.07) is 10.4. The minimum atomic E-state index is 0.168. The average Bonchev–Trinajstić information content (AvgIpc) is 3.08. The molecule has 0 bridgehead atoms. The van der Waals surface area contributed by atoms with Crippen molar-refractivity contribution in [2.24, 2.45) is 0 Å². The Morgan fingerprint density at radius 3 is 2.40 bits per heavy atom. The van der Waals surface area contributed by atoms with Crippen LogP contribution in [0.15, 0.2) is 34.7 Å². The molecule has 1 aromatic carbocycles. The van der Waals surface area contributed by atoms with Gasteiger partial charge in [-0.15, -0.1) is 10.2 Å². The van der Waals surface area contributed by atoms with Gasteiger partial charge in [0.2, 0.25) is 11.0 Å². The van der Waals surface area contributed by atoms with Crippen molar-refractivity contribution in [2.75, 3.05) is 11.1 Å². The number of anilines is 2. The van der Waals surface area contributed by atoms with Crippen LogP contribution in [-0.4, -0.2) is 38.8 Å². The van der Waals surface area contributed by atoms with Crippen molar-refractivity contribution >= 4 is 39.8 Å². The number of carbonyl (C=O) groups excluding carboxylic acids is 1. The molecule has 0 fully saturated rings. The molecule has 25 heavy (non-hydrogen) atoms. The van der Waals surface area contributed by atoms with Crippen LogP contribution < -0.4 is 5.32 Å². The van der Waals surface area contributed by atoms with E-state index in [0.717, 1.165) is 28.0 Å². The topological polar surface area (TPSA) is 58.1 Å². The molecule has 0 unspecified atom stereocenters. The van der Waals surface area contributed by atoms with Gasteiger partial charge in [-0.05, 0) is 38.8 Å². The number of thioether (sulfide) groups is 1. The van der Waals surface area contributed by atoms with E-state index < -0.39 is 0 Å². The minimum absolute atomic E-state index is 0.168. The minimum Gasteiger partial charge on any atom is -0.337 e. The largest absolute Gasteiger partial charge is 0.337 e. The van der Waals surface area contributed by atoms with E-state index in [4.69, 9.17) is 0 Å². The maximum Gasteiger partial charge on any atom is 0.233 e. The molecule has 0 saturated carbocycles. The Morgan fingerprint density at radius 2 is 1.80 bits per heavy atom. The molecule has 2 atom stereocenters. The van der Waals surface area contributed by atoms with E-state index in [1.165, 1.54) is 23.1 Å². The summed E-state index contributed by atoms with van der Waals surface area (Å²) >= 11 is 2.93. The van der Waals surface area contributed by atoms with Gasteiger partial charge in [0.25, 0.3) is 0 Å². The maximum atomic E-state index is 12.7. The zero-order valence-corrected chi connectivity index (χ0v) is 16.9. The fourth-order valence-corrected chi connectivity index (χ4v) is 4.12. The number of nitrogens with one attached hydrogen (secondary N) is 1. The first kappa shape index (κ1) is 19.7. The van der Waals surface area contributed by atoms with E-state index in [1.807, 2.05) is 35.2 Å². The van der Waals surface area contributed by atoms with E-state index in [2.05, 4.69) is 43.2 Å². The van der Waals surface area contributed by atoms with Crippen molar-refractivity contribution in [1.29, 1.82) is 0 Å². The zero-order valence-electron chi connectivity index (χ0n) is 15.2. The molecule has 1 N–H and O–H groups in total. The third kappa shape index (κ3) is 5.71. The van der Waals surface area contributed by atoms with E-state index in [1.54, 1.807) is 0 Å². The average molecular weight is 379 g/mol. The normalized spacial score (nSPS) is 13.3. The lowest BCUT2D eigenvalue weighted by atomic mass is 10.1. The highest BCUT2D eigenvalue weighted by Crippen LogP contribution is 2.28. The lowest BCUT2D eigenvalue weighted by Crippen LogP contribution is -2.45. The van der Waals surface area contributed by atoms with Gasteiger partial charge in [0.05, 0.1) is 5.75 Å². The Labute approximate surface area is 158 Å². The summed E-state index contributed by atoms with van der Waals surface area (Å²) in [5, 5.41) is 12.3. The fourth-order valence-electron chi connectivity index (χ4n) is 2.48. The molecule has 0 radical (unpaired) electrons. The smallest absolute Gasteiger partial charge is 0.233 e. The summed E-state index contributed by atoms with van der Waals surface area (Å²) in [6.07, 6.45) is 1.93. The van der Waals surface area contributed by atoms with E-state index in [-0.39, 0.29) is 18.0 Å². The lowest BCUT2D eigenvalue weighted by molar-refractivity contribution is -0.132. The first-order valence-electron chi connectivity index (χ1n) is 8.64.